The van der Waals surface area contributed by atoms with Crippen molar-refractivity contribution in [3.05, 3.63) is 118 Å². The summed E-state index contributed by atoms with van der Waals surface area (Å²) in [5.74, 6) is 5.60. The number of fused-ring (bicyclic) bond motifs is 1. The summed E-state index contributed by atoms with van der Waals surface area (Å²) in [6.45, 7) is 2.21. The normalized spacial score (nSPS) is 10.6. The quantitative estimate of drug-likeness (QED) is 0.202. The van der Waals surface area contributed by atoms with Gasteiger partial charge in [0.25, 0.3) is 0 Å². The van der Waals surface area contributed by atoms with Crippen molar-refractivity contribution in [2.24, 2.45) is 0 Å². The zero-order valence-electron chi connectivity index (χ0n) is 19.9. The van der Waals surface area contributed by atoms with Gasteiger partial charge in [-0.2, -0.15) is 5.26 Å². The molecule has 0 aromatic heterocycles. The number of halogens is 2. The summed E-state index contributed by atoms with van der Waals surface area (Å²) in [4.78, 5) is 0. The van der Waals surface area contributed by atoms with Crippen molar-refractivity contribution in [1.82, 2.24) is 0 Å². The van der Waals surface area contributed by atoms with E-state index in [1.807, 2.05) is 24.3 Å². The van der Waals surface area contributed by atoms with Crippen LogP contribution in [0.2, 0.25) is 0 Å². The molecule has 3 heteroatoms. The average molecular weight is 464 g/mol. The zero-order chi connectivity index (χ0) is 24.6. The van der Waals surface area contributed by atoms with Gasteiger partial charge in [0.15, 0.2) is 0 Å². The van der Waals surface area contributed by atoms with Gasteiger partial charge in [-0.1, -0.05) is 68.0 Å². The monoisotopic (exact) mass is 463 g/mol. The second-order valence-corrected chi connectivity index (χ2v) is 8.80. The molecule has 4 aromatic carbocycles. The van der Waals surface area contributed by atoms with Gasteiger partial charge in [-0.15, -0.1) is 0 Å². The van der Waals surface area contributed by atoms with Crippen LogP contribution < -0.4 is 0 Å². The van der Waals surface area contributed by atoms with Crippen LogP contribution in [0, 0.1) is 34.8 Å². The van der Waals surface area contributed by atoms with Crippen LogP contribution in [0.5, 0.6) is 0 Å². The number of nitriles is 1. The molecule has 174 valence electrons. The van der Waals surface area contributed by atoms with E-state index < -0.39 is 5.82 Å². The van der Waals surface area contributed by atoms with Crippen molar-refractivity contribution in [1.29, 1.82) is 5.26 Å². The second kappa shape index (κ2) is 11.5. The molecule has 0 aliphatic carbocycles. The van der Waals surface area contributed by atoms with E-state index >= 15 is 4.39 Å². The summed E-state index contributed by atoms with van der Waals surface area (Å²) in [5, 5.41) is 10.2. The van der Waals surface area contributed by atoms with E-state index in [9.17, 15) is 4.39 Å². The van der Waals surface area contributed by atoms with E-state index in [0.717, 1.165) is 28.5 Å². The Bertz CT molecular complexity index is 1430. The first-order valence-electron chi connectivity index (χ1n) is 12.1. The van der Waals surface area contributed by atoms with Gasteiger partial charge in [0.1, 0.15) is 17.7 Å². The van der Waals surface area contributed by atoms with Crippen molar-refractivity contribution in [2.75, 3.05) is 0 Å². The van der Waals surface area contributed by atoms with Crippen molar-refractivity contribution < 1.29 is 8.78 Å². The molecule has 0 unspecified atom stereocenters. The molecule has 4 aromatic rings. The molecule has 35 heavy (non-hydrogen) atoms. The highest BCUT2D eigenvalue weighted by Gasteiger charge is 2.09. The Hall–Kier alpha value is -3.95. The topological polar surface area (TPSA) is 23.8 Å². The Morgan fingerprint density at radius 3 is 2.20 bits per heavy atom. The Morgan fingerprint density at radius 2 is 1.46 bits per heavy atom. The number of hydrogen-bond donors (Lipinski definition) is 0. The highest BCUT2D eigenvalue weighted by molar-refractivity contribution is 5.85. The number of rotatable bonds is 7. The third kappa shape index (κ3) is 6.14. The number of benzene rings is 4. The van der Waals surface area contributed by atoms with Crippen molar-refractivity contribution in [2.45, 2.75) is 45.4 Å². The molecule has 0 aliphatic heterocycles. The Balaban J connectivity index is 1.45. The molecule has 0 saturated heterocycles. The summed E-state index contributed by atoms with van der Waals surface area (Å²) in [6.07, 6.45) is 5.73. The predicted octanol–water partition coefficient (Wildman–Crippen LogP) is 7.91. The molecule has 0 radical (unpaired) electrons. The first kappa shape index (κ1) is 24.2. The number of nitrogens with zero attached hydrogens (tertiary/aromatic N) is 1. The zero-order valence-corrected chi connectivity index (χ0v) is 19.9. The van der Waals surface area contributed by atoms with Crippen LogP contribution >= 0.6 is 0 Å². The number of aryl methyl sites for hydroxylation is 3. The molecular weight excluding hydrogens is 436 g/mol. The first-order valence-corrected chi connectivity index (χ1v) is 12.1. The summed E-state index contributed by atoms with van der Waals surface area (Å²) >= 11 is 0. The lowest BCUT2D eigenvalue weighted by molar-refractivity contribution is 0.616. The maximum atomic E-state index is 15.1. The molecule has 0 bridgehead atoms. The molecule has 0 fully saturated rings. The molecule has 0 amide bonds. The Kier molecular flexibility index (Phi) is 7.92. The fraction of sp³-hybridized carbons (Fsp3) is 0.219. The maximum Gasteiger partial charge on any atom is 0.141 e. The number of hydrogen-bond acceptors (Lipinski definition) is 1. The lowest BCUT2D eigenvalue weighted by Crippen LogP contribution is -1.97. The van der Waals surface area contributed by atoms with E-state index in [1.54, 1.807) is 18.2 Å². The summed E-state index contributed by atoms with van der Waals surface area (Å²) in [6, 6.07) is 24.0. The van der Waals surface area contributed by atoms with Crippen LogP contribution in [-0.2, 0) is 19.3 Å². The lowest BCUT2D eigenvalue weighted by atomic mass is 9.98. The largest absolute Gasteiger partial charge is 0.206 e. The van der Waals surface area contributed by atoms with Gasteiger partial charge < -0.3 is 0 Å². The molecule has 0 atom stereocenters. The standard InChI is InChI=1S/C32H27F2N/c1-2-3-4-5-23-6-8-24(9-7-23)10-11-25-14-19-30-28(20-25)18-17-27(32(30)34)15-12-26-13-16-29(22-35)31(33)21-26/h6-9,13-14,16-21H,2-5,12,15H2,1H3. The first-order chi connectivity index (χ1) is 17.1. The summed E-state index contributed by atoms with van der Waals surface area (Å²) in [5.41, 5.74) is 4.48. The molecule has 1 nitrogen and oxygen atoms in total. The fourth-order valence-electron chi connectivity index (χ4n) is 4.17. The smallest absolute Gasteiger partial charge is 0.141 e. The average Bonchev–Trinajstić information content (AvgIpc) is 2.88. The van der Waals surface area contributed by atoms with E-state index in [2.05, 4.69) is 43.0 Å². The molecular formula is C32H27F2N. The molecule has 0 saturated carbocycles. The maximum absolute atomic E-state index is 15.1. The van der Waals surface area contributed by atoms with Crippen LogP contribution in [0.1, 0.15) is 59.6 Å². The van der Waals surface area contributed by atoms with E-state index in [4.69, 9.17) is 5.26 Å². The highest BCUT2D eigenvalue weighted by Crippen LogP contribution is 2.24. The SMILES string of the molecule is CCCCCc1ccc(C#Cc2ccc3c(F)c(CCc4ccc(C#N)c(F)c4)ccc3c2)cc1. The minimum Gasteiger partial charge on any atom is -0.206 e. The highest BCUT2D eigenvalue weighted by atomic mass is 19.1. The summed E-state index contributed by atoms with van der Waals surface area (Å²) in [7, 11) is 0. The van der Waals surface area contributed by atoms with Crippen LogP contribution in [0.4, 0.5) is 8.78 Å². The van der Waals surface area contributed by atoms with Crippen LogP contribution in [0.3, 0.4) is 0 Å². The van der Waals surface area contributed by atoms with E-state index in [1.165, 1.54) is 37.0 Å². The van der Waals surface area contributed by atoms with Gasteiger partial charge >= 0.3 is 0 Å². The van der Waals surface area contributed by atoms with Crippen LogP contribution in [-0.4, -0.2) is 0 Å². The van der Waals surface area contributed by atoms with Crippen molar-refractivity contribution in [3.63, 3.8) is 0 Å². The minimum atomic E-state index is -0.541. The van der Waals surface area contributed by atoms with E-state index in [-0.39, 0.29) is 11.4 Å². The minimum absolute atomic E-state index is 0.0176. The predicted molar refractivity (Wildman–Crippen MR) is 138 cm³/mol. The van der Waals surface area contributed by atoms with Crippen molar-refractivity contribution >= 4 is 10.8 Å². The van der Waals surface area contributed by atoms with Crippen LogP contribution in [0.25, 0.3) is 10.8 Å². The van der Waals surface area contributed by atoms with Crippen molar-refractivity contribution in [3.8, 4) is 17.9 Å². The molecule has 0 N–H and O–H groups in total. The van der Waals surface area contributed by atoms with Gasteiger partial charge in [0.2, 0.25) is 0 Å². The van der Waals surface area contributed by atoms with Crippen LogP contribution in [0.15, 0.2) is 72.8 Å². The van der Waals surface area contributed by atoms with E-state index in [0.29, 0.717) is 23.8 Å². The molecule has 4 rings (SSSR count). The third-order valence-electron chi connectivity index (χ3n) is 6.25. The second-order valence-electron chi connectivity index (χ2n) is 8.80. The third-order valence-corrected chi connectivity index (χ3v) is 6.25. The lowest BCUT2D eigenvalue weighted by Gasteiger charge is -2.08. The van der Waals surface area contributed by atoms with Gasteiger partial charge in [-0.25, -0.2) is 8.78 Å². The Labute approximate surface area is 206 Å². The van der Waals surface area contributed by atoms with Gasteiger partial charge in [0, 0.05) is 16.5 Å². The van der Waals surface area contributed by atoms with Gasteiger partial charge in [0.05, 0.1) is 5.56 Å². The summed E-state index contributed by atoms with van der Waals surface area (Å²) < 4.78 is 29.0. The van der Waals surface area contributed by atoms with Gasteiger partial charge in [-0.3, -0.25) is 0 Å². The number of unbranched alkanes of at least 4 members (excludes halogenated alkanes) is 2. The Morgan fingerprint density at radius 1 is 0.714 bits per heavy atom. The molecule has 0 heterocycles. The van der Waals surface area contributed by atoms with Gasteiger partial charge in [-0.05, 0) is 84.2 Å². The fourth-order valence-corrected chi connectivity index (χ4v) is 4.17. The molecule has 0 spiro atoms. The molecule has 0 aliphatic rings.